The molecular weight excluding hydrogens is 496 g/mol. The second-order valence-electron chi connectivity index (χ2n) is 8.19. The van der Waals surface area contributed by atoms with E-state index in [9.17, 15) is 15.2 Å². The van der Waals surface area contributed by atoms with Gasteiger partial charge < -0.3 is 28.4 Å². The second-order valence-corrected chi connectivity index (χ2v) is 10.9. The number of nitrogens with zero attached hydrogens (tertiary/aromatic N) is 3. The van der Waals surface area contributed by atoms with E-state index in [0.29, 0.717) is 51.1 Å². The van der Waals surface area contributed by atoms with Crippen molar-refractivity contribution in [3.05, 3.63) is 58.1 Å². The highest BCUT2D eigenvalue weighted by molar-refractivity contribution is 6.60. The van der Waals surface area contributed by atoms with Crippen molar-refractivity contribution in [2.45, 2.75) is 46.3 Å². The molecule has 0 fully saturated rings. The molecule has 0 radical (unpaired) electrons. The minimum atomic E-state index is -2.67. The van der Waals surface area contributed by atoms with Crippen LogP contribution >= 0.6 is 0 Å². The molecule has 1 unspecified atom stereocenters. The van der Waals surface area contributed by atoms with Crippen molar-refractivity contribution in [2.24, 2.45) is 10.2 Å². The Labute approximate surface area is 219 Å². The van der Waals surface area contributed by atoms with Gasteiger partial charge in [0.1, 0.15) is 0 Å². The third-order valence-corrected chi connectivity index (χ3v) is 8.34. The Kier molecular flexibility index (Phi) is 13.3. The Hall–Kier alpha value is -2.74. The van der Waals surface area contributed by atoms with E-state index in [1.165, 1.54) is 6.07 Å². The fraction of sp³-hybridized carbons (Fsp3) is 0.520. The van der Waals surface area contributed by atoms with Gasteiger partial charge in [-0.3, -0.25) is 10.1 Å². The van der Waals surface area contributed by atoms with Gasteiger partial charge in [0.15, 0.2) is 5.69 Å². The third kappa shape index (κ3) is 10.6. The van der Waals surface area contributed by atoms with Crippen LogP contribution in [-0.2, 0) is 18.0 Å². The molecule has 0 aliphatic carbocycles. The first-order valence-electron chi connectivity index (χ1n) is 12.5. The van der Waals surface area contributed by atoms with Crippen molar-refractivity contribution in [1.82, 2.24) is 0 Å². The van der Waals surface area contributed by atoms with Gasteiger partial charge in [-0.25, -0.2) is 0 Å². The first-order chi connectivity index (χ1) is 17.8. The molecule has 2 aromatic carbocycles. The molecule has 0 saturated carbocycles. The molecular formula is C25H38N4O7Si. The number of hydrogen-bond donors (Lipinski definition) is 2. The van der Waals surface area contributed by atoms with Crippen LogP contribution in [0.3, 0.4) is 0 Å². The van der Waals surface area contributed by atoms with Crippen LogP contribution in [0.4, 0.5) is 22.7 Å². The molecule has 0 bridgehead atoms. The van der Waals surface area contributed by atoms with Gasteiger partial charge in [0.05, 0.1) is 23.3 Å². The van der Waals surface area contributed by atoms with Crippen LogP contribution in [-0.4, -0.2) is 64.5 Å². The minimum Gasteiger partial charge on any atom is -0.389 e. The number of nitrogens with one attached hydrogen (secondary N) is 1. The maximum absolute atomic E-state index is 11.2. The first-order valence-corrected chi connectivity index (χ1v) is 14.4. The molecule has 0 saturated heterocycles. The molecule has 1 atom stereocenters. The molecule has 0 aliphatic rings. The van der Waals surface area contributed by atoms with E-state index in [0.717, 1.165) is 11.3 Å². The number of aliphatic hydroxyl groups excluding tert-OH is 1. The molecule has 37 heavy (non-hydrogen) atoms. The number of nitro benzene ring substituents is 1. The summed E-state index contributed by atoms with van der Waals surface area (Å²) >= 11 is 0. The average molecular weight is 535 g/mol. The summed E-state index contributed by atoms with van der Waals surface area (Å²) in [4.78, 5) is 10.7. The number of rotatable bonds is 18. The number of anilines is 1. The van der Waals surface area contributed by atoms with Crippen molar-refractivity contribution < 1.29 is 28.0 Å². The van der Waals surface area contributed by atoms with Gasteiger partial charge in [0.2, 0.25) is 0 Å². The lowest BCUT2D eigenvalue weighted by atomic mass is 10.2. The van der Waals surface area contributed by atoms with E-state index in [1.807, 2.05) is 20.8 Å². The highest BCUT2D eigenvalue weighted by Gasteiger charge is 2.39. The van der Waals surface area contributed by atoms with Gasteiger partial charge in [0, 0.05) is 50.8 Å². The summed E-state index contributed by atoms with van der Waals surface area (Å²) in [6, 6.07) is 12.5. The Morgan fingerprint density at radius 2 is 1.68 bits per heavy atom. The van der Waals surface area contributed by atoms with E-state index >= 15 is 0 Å². The summed E-state index contributed by atoms with van der Waals surface area (Å²) in [6.07, 6.45) is 0.0304. The summed E-state index contributed by atoms with van der Waals surface area (Å²) in [6.45, 7) is 10.2. The molecule has 2 N–H and O–H groups in total. The van der Waals surface area contributed by atoms with Crippen LogP contribution in [0.15, 0.2) is 52.7 Å². The van der Waals surface area contributed by atoms with Crippen molar-refractivity contribution in [1.29, 1.82) is 0 Å². The summed E-state index contributed by atoms with van der Waals surface area (Å²) in [5, 5.41) is 32.7. The fourth-order valence-electron chi connectivity index (χ4n) is 3.53. The number of azo groups is 1. The predicted molar refractivity (Wildman–Crippen MR) is 144 cm³/mol. The Morgan fingerprint density at radius 1 is 1.03 bits per heavy atom. The van der Waals surface area contributed by atoms with Crippen LogP contribution in [0.2, 0.25) is 6.04 Å². The van der Waals surface area contributed by atoms with E-state index in [4.69, 9.17) is 18.0 Å². The zero-order valence-corrected chi connectivity index (χ0v) is 23.0. The Morgan fingerprint density at radius 3 is 2.27 bits per heavy atom. The summed E-state index contributed by atoms with van der Waals surface area (Å²) in [5.74, 6) is 0. The highest BCUT2D eigenvalue weighted by atomic mass is 28.4. The molecule has 0 amide bonds. The number of hydrogen-bond acceptors (Lipinski definition) is 10. The topological polar surface area (TPSA) is 137 Å². The molecule has 0 spiro atoms. The molecule has 2 aromatic rings. The molecule has 0 aliphatic heterocycles. The van der Waals surface area contributed by atoms with Crippen LogP contribution in [0, 0.1) is 17.0 Å². The smallest absolute Gasteiger partial charge is 0.389 e. The highest BCUT2D eigenvalue weighted by Crippen LogP contribution is 2.30. The second kappa shape index (κ2) is 16.2. The van der Waals surface area contributed by atoms with Crippen LogP contribution in [0.1, 0.15) is 32.8 Å². The number of nitro groups is 1. The first kappa shape index (κ1) is 30.5. The zero-order chi connectivity index (χ0) is 27.1. The molecule has 12 heteroatoms. The zero-order valence-electron chi connectivity index (χ0n) is 22.0. The maximum atomic E-state index is 11.2. The molecule has 0 heterocycles. The lowest BCUT2D eigenvalue weighted by molar-refractivity contribution is -0.384. The van der Waals surface area contributed by atoms with Crippen molar-refractivity contribution >= 4 is 31.6 Å². The van der Waals surface area contributed by atoms with E-state index in [1.54, 1.807) is 43.3 Å². The van der Waals surface area contributed by atoms with Crippen LogP contribution in [0.25, 0.3) is 0 Å². The van der Waals surface area contributed by atoms with Gasteiger partial charge in [0.25, 0.3) is 5.69 Å². The van der Waals surface area contributed by atoms with Crippen LogP contribution in [0.5, 0.6) is 0 Å². The van der Waals surface area contributed by atoms with E-state index < -0.39 is 19.8 Å². The number of aryl methyl sites for hydroxylation is 1. The van der Waals surface area contributed by atoms with Crippen LogP contribution < -0.4 is 5.32 Å². The van der Waals surface area contributed by atoms with Gasteiger partial charge in [-0.1, -0.05) is 6.07 Å². The summed E-state index contributed by atoms with van der Waals surface area (Å²) < 4.78 is 23.1. The van der Waals surface area contributed by atoms with E-state index in [2.05, 4.69) is 15.5 Å². The lowest BCUT2D eigenvalue weighted by Crippen LogP contribution is -2.46. The third-order valence-electron chi connectivity index (χ3n) is 5.18. The summed E-state index contributed by atoms with van der Waals surface area (Å²) in [7, 11) is -2.67. The standard InChI is InChI=1S/C25H38N4O7Si/c1-5-34-37(35-6-2,36-7-3)16-8-15-33-19-23(30)18-26-21-10-12-22(13-11-21)27-28-24-14-9-20(4)17-25(24)29(31)32/h9-14,17,23,26,30H,5-8,15-16,18-19H2,1-4H3. The van der Waals surface area contributed by atoms with Gasteiger partial charge in [-0.2, -0.15) is 5.11 Å². The molecule has 0 aromatic heterocycles. The fourth-order valence-corrected chi connectivity index (χ4v) is 6.11. The number of benzene rings is 2. The molecule has 2 rings (SSSR count). The number of aliphatic hydroxyl groups is 1. The maximum Gasteiger partial charge on any atom is 0.501 e. The predicted octanol–water partition coefficient (Wildman–Crippen LogP) is 5.55. The van der Waals surface area contributed by atoms with Gasteiger partial charge in [-0.15, -0.1) is 5.11 Å². The van der Waals surface area contributed by atoms with Crippen molar-refractivity contribution in [3.8, 4) is 0 Å². The normalized spacial score (nSPS) is 12.7. The Balaban J connectivity index is 1.75. The van der Waals surface area contributed by atoms with Gasteiger partial charge in [-0.05, 0) is 70.0 Å². The minimum absolute atomic E-state index is 0.0856. The Bertz CT molecular complexity index is 974. The molecule has 11 nitrogen and oxygen atoms in total. The van der Waals surface area contributed by atoms with Crippen molar-refractivity contribution in [3.63, 3.8) is 0 Å². The summed E-state index contributed by atoms with van der Waals surface area (Å²) in [5.41, 5.74) is 2.23. The number of ether oxygens (including phenoxy) is 1. The van der Waals surface area contributed by atoms with Gasteiger partial charge >= 0.3 is 8.80 Å². The lowest BCUT2D eigenvalue weighted by Gasteiger charge is -2.28. The SMILES string of the molecule is CCO[Si](CCCOCC(O)CNc1ccc(N=Nc2ccc(C)cc2[N+](=O)[O-])cc1)(OCC)OCC. The monoisotopic (exact) mass is 534 g/mol. The van der Waals surface area contributed by atoms with E-state index in [-0.39, 0.29) is 18.0 Å². The quantitative estimate of drug-likeness (QED) is 0.0835. The molecule has 204 valence electrons. The average Bonchev–Trinajstić information content (AvgIpc) is 2.87. The largest absolute Gasteiger partial charge is 0.501 e. The van der Waals surface area contributed by atoms with Crippen molar-refractivity contribution in [2.75, 3.05) is 44.9 Å².